The number of esters is 1. The summed E-state index contributed by atoms with van der Waals surface area (Å²) in [5.74, 6) is -1.29. The quantitative estimate of drug-likeness (QED) is 0.569. The van der Waals surface area contributed by atoms with Crippen LogP contribution >= 0.6 is 0 Å². The van der Waals surface area contributed by atoms with Crippen LogP contribution < -0.4 is 0 Å². The SMILES string of the molecule is C=C(C)[C@@H](OC(=O)c1ccccc1)[C@@H](O)[C@H](O)C(=O)N1CCOCC1. The maximum absolute atomic E-state index is 12.3. The van der Waals surface area contributed by atoms with Crippen LogP contribution in [-0.4, -0.2) is 71.6 Å². The minimum absolute atomic E-state index is 0.301. The fourth-order valence-corrected chi connectivity index (χ4v) is 2.50. The van der Waals surface area contributed by atoms with Gasteiger partial charge in [0.15, 0.2) is 12.2 Å². The highest BCUT2D eigenvalue weighted by Gasteiger charge is 2.37. The Morgan fingerprint density at radius 3 is 2.36 bits per heavy atom. The number of hydrogen-bond acceptors (Lipinski definition) is 6. The van der Waals surface area contributed by atoms with Gasteiger partial charge >= 0.3 is 5.97 Å². The van der Waals surface area contributed by atoms with Crippen molar-refractivity contribution in [1.82, 2.24) is 4.90 Å². The number of carbonyl (C=O) groups is 2. The highest BCUT2D eigenvalue weighted by molar-refractivity contribution is 5.89. The van der Waals surface area contributed by atoms with Gasteiger partial charge in [0.25, 0.3) is 5.91 Å². The predicted molar refractivity (Wildman–Crippen MR) is 89.9 cm³/mol. The normalized spacial score (nSPS) is 18.1. The number of aliphatic hydroxyl groups excluding tert-OH is 2. The predicted octanol–water partition coefficient (Wildman–Crippen LogP) is 0.369. The number of benzene rings is 1. The molecule has 7 heteroatoms. The van der Waals surface area contributed by atoms with Gasteiger partial charge < -0.3 is 24.6 Å². The number of hydrogen-bond donors (Lipinski definition) is 2. The Labute approximate surface area is 146 Å². The summed E-state index contributed by atoms with van der Waals surface area (Å²) in [4.78, 5) is 25.9. The van der Waals surface area contributed by atoms with Gasteiger partial charge in [0.1, 0.15) is 6.10 Å². The van der Waals surface area contributed by atoms with E-state index in [0.717, 1.165) is 0 Å². The molecule has 0 spiro atoms. The highest BCUT2D eigenvalue weighted by Crippen LogP contribution is 2.17. The van der Waals surface area contributed by atoms with Gasteiger partial charge in [-0.1, -0.05) is 24.8 Å². The monoisotopic (exact) mass is 349 g/mol. The highest BCUT2D eigenvalue weighted by atomic mass is 16.6. The molecule has 0 radical (unpaired) electrons. The van der Waals surface area contributed by atoms with E-state index in [4.69, 9.17) is 9.47 Å². The summed E-state index contributed by atoms with van der Waals surface area (Å²) in [5, 5.41) is 20.6. The van der Waals surface area contributed by atoms with Gasteiger partial charge in [0.05, 0.1) is 18.8 Å². The van der Waals surface area contributed by atoms with E-state index >= 15 is 0 Å². The van der Waals surface area contributed by atoms with E-state index in [0.29, 0.717) is 37.4 Å². The van der Waals surface area contributed by atoms with E-state index in [1.165, 1.54) is 4.90 Å². The zero-order valence-corrected chi connectivity index (χ0v) is 14.1. The van der Waals surface area contributed by atoms with Crippen LogP contribution in [0.4, 0.5) is 0 Å². The molecule has 1 fully saturated rings. The van der Waals surface area contributed by atoms with E-state index in [9.17, 15) is 19.8 Å². The van der Waals surface area contributed by atoms with Gasteiger partial charge in [-0.15, -0.1) is 0 Å². The first-order valence-electron chi connectivity index (χ1n) is 8.06. The van der Waals surface area contributed by atoms with Crippen molar-refractivity contribution in [1.29, 1.82) is 0 Å². The van der Waals surface area contributed by atoms with E-state index in [1.54, 1.807) is 37.3 Å². The van der Waals surface area contributed by atoms with Crippen LogP contribution in [0.5, 0.6) is 0 Å². The lowest BCUT2D eigenvalue weighted by Gasteiger charge is -2.32. The number of aliphatic hydroxyl groups is 2. The molecule has 2 rings (SSSR count). The van der Waals surface area contributed by atoms with E-state index < -0.39 is 30.2 Å². The summed E-state index contributed by atoms with van der Waals surface area (Å²) in [6.45, 7) is 6.67. The molecule has 1 saturated heterocycles. The number of ether oxygens (including phenoxy) is 2. The molecule has 0 unspecified atom stereocenters. The first kappa shape index (κ1) is 19.1. The Morgan fingerprint density at radius 1 is 1.20 bits per heavy atom. The molecule has 1 aliphatic rings. The number of carbonyl (C=O) groups excluding carboxylic acids is 2. The zero-order chi connectivity index (χ0) is 18.4. The molecule has 1 aromatic rings. The summed E-state index contributed by atoms with van der Waals surface area (Å²) in [5.41, 5.74) is 0.626. The average molecular weight is 349 g/mol. The van der Waals surface area contributed by atoms with Crippen molar-refractivity contribution in [3.63, 3.8) is 0 Å². The van der Waals surface area contributed by atoms with Gasteiger partial charge in [-0.2, -0.15) is 0 Å². The third-order valence-electron chi connectivity index (χ3n) is 3.94. The molecule has 0 aliphatic carbocycles. The van der Waals surface area contributed by atoms with Crippen LogP contribution in [0.25, 0.3) is 0 Å². The Hall–Kier alpha value is -2.22. The third-order valence-corrected chi connectivity index (χ3v) is 3.94. The molecule has 136 valence electrons. The fourth-order valence-electron chi connectivity index (χ4n) is 2.50. The van der Waals surface area contributed by atoms with Crippen LogP contribution in [0.2, 0.25) is 0 Å². The van der Waals surface area contributed by atoms with Crippen LogP contribution in [0.3, 0.4) is 0 Å². The summed E-state index contributed by atoms with van der Waals surface area (Å²) in [6.07, 6.45) is -4.53. The molecular formula is C18H23NO6. The lowest BCUT2D eigenvalue weighted by Crippen LogP contribution is -2.52. The number of nitrogens with zero attached hydrogens (tertiary/aromatic N) is 1. The number of rotatable bonds is 6. The molecule has 0 saturated carbocycles. The molecule has 0 aromatic heterocycles. The topological polar surface area (TPSA) is 96.3 Å². The molecule has 0 bridgehead atoms. The molecule has 1 aromatic carbocycles. The molecule has 2 N–H and O–H groups in total. The second kappa shape index (κ2) is 8.75. The number of amides is 1. The van der Waals surface area contributed by atoms with Crippen molar-refractivity contribution in [3.8, 4) is 0 Å². The van der Waals surface area contributed by atoms with Crippen LogP contribution in [0.1, 0.15) is 17.3 Å². The van der Waals surface area contributed by atoms with Gasteiger partial charge in [0.2, 0.25) is 0 Å². The van der Waals surface area contributed by atoms with E-state index in [1.807, 2.05) is 0 Å². The van der Waals surface area contributed by atoms with Crippen molar-refractivity contribution in [3.05, 3.63) is 48.0 Å². The molecule has 1 aliphatic heterocycles. The fraction of sp³-hybridized carbons (Fsp3) is 0.444. The van der Waals surface area contributed by atoms with Crippen molar-refractivity contribution in [2.45, 2.75) is 25.2 Å². The molecule has 3 atom stereocenters. The molecule has 25 heavy (non-hydrogen) atoms. The van der Waals surface area contributed by atoms with Gasteiger partial charge in [-0.3, -0.25) is 4.79 Å². The maximum Gasteiger partial charge on any atom is 0.338 e. The summed E-state index contributed by atoms with van der Waals surface area (Å²) < 4.78 is 10.4. The standard InChI is InChI=1S/C18H23NO6/c1-12(2)16(25-18(23)13-6-4-3-5-7-13)14(20)15(21)17(22)19-8-10-24-11-9-19/h3-7,14-16,20-21H,1,8-11H2,2H3/t14-,15-,16+/m0/s1. The Bertz CT molecular complexity index is 611. The number of morpholine rings is 1. The summed E-state index contributed by atoms with van der Waals surface area (Å²) in [6, 6.07) is 8.25. The minimum Gasteiger partial charge on any atom is -0.451 e. The first-order valence-corrected chi connectivity index (χ1v) is 8.06. The summed E-state index contributed by atoms with van der Waals surface area (Å²) in [7, 11) is 0. The third kappa shape index (κ3) is 4.88. The lowest BCUT2D eigenvalue weighted by atomic mass is 10.0. The second-order valence-corrected chi connectivity index (χ2v) is 5.91. The van der Waals surface area contributed by atoms with Gasteiger partial charge in [-0.05, 0) is 24.6 Å². The van der Waals surface area contributed by atoms with Crippen molar-refractivity contribution in [2.75, 3.05) is 26.3 Å². The maximum atomic E-state index is 12.3. The largest absolute Gasteiger partial charge is 0.451 e. The van der Waals surface area contributed by atoms with Crippen molar-refractivity contribution in [2.24, 2.45) is 0 Å². The van der Waals surface area contributed by atoms with E-state index in [-0.39, 0.29) is 0 Å². The smallest absolute Gasteiger partial charge is 0.338 e. The zero-order valence-electron chi connectivity index (χ0n) is 14.1. The Kier molecular flexibility index (Phi) is 6.69. The molecule has 1 amide bonds. The van der Waals surface area contributed by atoms with Gasteiger partial charge in [-0.25, -0.2) is 4.79 Å². The minimum atomic E-state index is -1.72. The van der Waals surface area contributed by atoms with Crippen molar-refractivity contribution < 1.29 is 29.3 Å². The first-order chi connectivity index (χ1) is 11.9. The average Bonchev–Trinajstić information content (AvgIpc) is 2.65. The van der Waals surface area contributed by atoms with E-state index in [2.05, 4.69) is 6.58 Å². The molecule has 1 heterocycles. The van der Waals surface area contributed by atoms with Gasteiger partial charge in [0, 0.05) is 13.1 Å². The van der Waals surface area contributed by atoms with Crippen LogP contribution in [0.15, 0.2) is 42.5 Å². The Balaban J connectivity index is 2.06. The van der Waals surface area contributed by atoms with Crippen LogP contribution in [-0.2, 0) is 14.3 Å². The lowest BCUT2D eigenvalue weighted by molar-refractivity contribution is -0.154. The molecular weight excluding hydrogens is 326 g/mol. The van der Waals surface area contributed by atoms with Crippen molar-refractivity contribution >= 4 is 11.9 Å². The second-order valence-electron chi connectivity index (χ2n) is 5.91. The summed E-state index contributed by atoms with van der Waals surface area (Å²) >= 11 is 0. The Morgan fingerprint density at radius 2 is 1.80 bits per heavy atom. The molecule has 7 nitrogen and oxygen atoms in total. The van der Waals surface area contributed by atoms with Crippen LogP contribution in [0, 0.1) is 0 Å².